The lowest BCUT2D eigenvalue weighted by Gasteiger charge is -2.13. The van der Waals surface area contributed by atoms with E-state index in [1.807, 2.05) is 6.07 Å². The van der Waals surface area contributed by atoms with Gasteiger partial charge in [0.1, 0.15) is 0 Å². The first-order chi connectivity index (χ1) is 8.83. The maximum atomic E-state index is 12.0. The van der Waals surface area contributed by atoms with E-state index in [4.69, 9.17) is 5.26 Å². The van der Waals surface area contributed by atoms with Gasteiger partial charge in [0.25, 0.3) is 0 Å². The van der Waals surface area contributed by atoms with Gasteiger partial charge in [0.05, 0.1) is 12.5 Å². The number of benzene rings is 1. The normalized spacial score (nSPS) is 27.6. The summed E-state index contributed by atoms with van der Waals surface area (Å²) in [5, 5.41) is 11.3. The van der Waals surface area contributed by atoms with Crippen LogP contribution in [0, 0.1) is 23.2 Å². The number of hydrogen-bond acceptors (Lipinski definition) is 2. The molecule has 1 aromatic rings. The Hall–Kier alpha value is -1.82. The summed E-state index contributed by atoms with van der Waals surface area (Å²) in [4.78, 5) is 12.0. The molecule has 0 aliphatic heterocycles. The summed E-state index contributed by atoms with van der Waals surface area (Å²) in [5.41, 5.74) is 2.78. The molecule has 1 saturated carbocycles. The van der Waals surface area contributed by atoms with Crippen LogP contribution in [0.3, 0.4) is 0 Å². The van der Waals surface area contributed by atoms with Crippen molar-refractivity contribution in [2.45, 2.75) is 25.2 Å². The molecule has 2 aliphatic rings. The molecule has 3 heteroatoms. The van der Waals surface area contributed by atoms with Crippen molar-refractivity contribution in [1.29, 1.82) is 5.26 Å². The molecule has 0 saturated heterocycles. The van der Waals surface area contributed by atoms with Crippen molar-refractivity contribution in [1.82, 2.24) is 5.32 Å². The third-order valence-corrected chi connectivity index (χ3v) is 4.17. The predicted molar refractivity (Wildman–Crippen MR) is 67.7 cm³/mol. The minimum Gasteiger partial charge on any atom is -0.355 e. The standard InChI is InChI=1S/C15H16N2O/c16-8-3-9-17-15(18)14-12-7-6-10-4-1-2-5-11(10)13(12)14/h1-2,4-5,12-14H,3,6-7,9H2,(H,17,18). The number of amides is 1. The molecule has 92 valence electrons. The van der Waals surface area contributed by atoms with Gasteiger partial charge in [-0.25, -0.2) is 0 Å². The van der Waals surface area contributed by atoms with Gasteiger partial charge in [-0.2, -0.15) is 5.26 Å². The van der Waals surface area contributed by atoms with E-state index in [2.05, 4.69) is 29.6 Å². The van der Waals surface area contributed by atoms with Crippen molar-refractivity contribution in [3.8, 4) is 6.07 Å². The molecule has 2 aliphatic carbocycles. The molecule has 0 bridgehead atoms. The zero-order valence-corrected chi connectivity index (χ0v) is 10.2. The van der Waals surface area contributed by atoms with Crippen molar-refractivity contribution in [3.63, 3.8) is 0 Å². The fourth-order valence-electron chi connectivity index (χ4n) is 3.28. The molecule has 3 nitrogen and oxygen atoms in total. The van der Waals surface area contributed by atoms with Crippen LogP contribution < -0.4 is 5.32 Å². The molecule has 3 atom stereocenters. The van der Waals surface area contributed by atoms with Gasteiger partial charge in [-0.1, -0.05) is 24.3 Å². The van der Waals surface area contributed by atoms with Crippen molar-refractivity contribution in [3.05, 3.63) is 35.4 Å². The minimum absolute atomic E-state index is 0.136. The third kappa shape index (κ3) is 1.78. The summed E-state index contributed by atoms with van der Waals surface area (Å²) in [5.74, 6) is 1.24. The van der Waals surface area contributed by atoms with Crippen LogP contribution in [0.4, 0.5) is 0 Å². The molecule has 18 heavy (non-hydrogen) atoms. The SMILES string of the molecule is N#CCCNC(=O)C1C2CCc3ccccc3C21. The number of hydrogen-bond donors (Lipinski definition) is 1. The van der Waals surface area contributed by atoms with Gasteiger partial charge in [0.15, 0.2) is 0 Å². The summed E-state index contributed by atoms with van der Waals surface area (Å²) in [6.07, 6.45) is 2.61. The van der Waals surface area contributed by atoms with E-state index in [0.717, 1.165) is 12.8 Å². The van der Waals surface area contributed by atoms with Crippen LogP contribution in [-0.2, 0) is 11.2 Å². The quantitative estimate of drug-likeness (QED) is 0.821. The van der Waals surface area contributed by atoms with Crippen LogP contribution in [-0.4, -0.2) is 12.5 Å². The largest absolute Gasteiger partial charge is 0.355 e. The molecular weight excluding hydrogens is 224 g/mol. The molecule has 1 fully saturated rings. The van der Waals surface area contributed by atoms with Gasteiger partial charge < -0.3 is 5.32 Å². The van der Waals surface area contributed by atoms with E-state index >= 15 is 0 Å². The number of carbonyl (C=O) groups is 1. The summed E-state index contributed by atoms with van der Waals surface area (Å²) in [6.45, 7) is 0.479. The van der Waals surface area contributed by atoms with Crippen LogP contribution in [0.15, 0.2) is 24.3 Å². The highest BCUT2D eigenvalue weighted by molar-refractivity contribution is 5.84. The first-order valence-electron chi connectivity index (χ1n) is 6.55. The second-order valence-corrected chi connectivity index (χ2v) is 5.15. The van der Waals surface area contributed by atoms with E-state index < -0.39 is 0 Å². The Morgan fingerprint density at radius 1 is 1.44 bits per heavy atom. The number of rotatable bonds is 3. The van der Waals surface area contributed by atoms with E-state index in [1.54, 1.807) is 0 Å². The molecule has 1 N–H and O–H groups in total. The van der Waals surface area contributed by atoms with Gasteiger partial charge >= 0.3 is 0 Å². The molecule has 0 spiro atoms. The number of aryl methyl sites for hydroxylation is 1. The third-order valence-electron chi connectivity index (χ3n) is 4.17. The van der Waals surface area contributed by atoms with Gasteiger partial charge in [0, 0.05) is 12.5 Å². The first-order valence-corrected chi connectivity index (χ1v) is 6.55. The highest BCUT2D eigenvalue weighted by Gasteiger charge is 2.56. The van der Waals surface area contributed by atoms with Gasteiger partial charge in [-0.15, -0.1) is 0 Å². The second-order valence-electron chi connectivity index (χ2n) is 5.15. The highest BCUT2D eigenvalue weighted by atomic mass is 16.2. The maximum absolute atomic E-state index is 12.0. The second kappa shape index (κ2) is 4.45. The molecule has 0 radical (unpaired) electrons. The smallest absolute Gasteiger partial charge is 0.224 e. The number of carbonyl (C=O) groups excluding carboxylic acids is 1. The highest BCUT2D eigenvalue weighted by Crippen LogP contribution is 2.59. The Kier molecular flexibility index (Phi) is 2.79. The first kappa shape index (κ1) is 11.3. The topological polar surface area (TPSA) is 52.9 Å². The Morgan fingerprint density at radius 2 is 2.28 bits per heavy atom. The van der Waals surface area contributed by atoms with Crippen LogP contribution >= 0.6 is 0 Å². The fraction of sp³-hybridized carbons (Fsp3) is 0.467. The average Bonchev–Trinajstić information content (AvgIpc) is 3.14. The average molecular weight is 240 g/mol. The predicted octanol–water partition coefficient (Wildman–Crippen LogP) is 1.99. The van der Waals surface area contributed by atoms with Gasteiger partial charge in [-0.05, 0) is 35.8 Å². The Balaban J connectivity index is 1.69. The van der Waals surface area contributed by atoms with Crippen molar-refractivity contribution in [2.75, 3.05) is 6.54 Å². The Morgan fingerprint density at radius 3 is 3.11 bits per heavy atom. The monoisotopic (exact) mass is 240 g/mol. The van der Waals surface area contributed by atoms with Crippen LogP contribution in [0.2, 0.25) is 0 Å². The molecule has 0 aromatic heterocycles. The molecule has 1 amide bonds. The van der Waals surface area contributed by atoms with E-state index in [-0.39, 0.29) is 11.8 Å². The zero-order chi connectivity index (χ0) is 12.5. The lowest BCUT2D eigenvalue weighted by Crippen LogP contribution is -2.26. The lowest BCUT2D eigenvalue weighted by molar-refractivity contribution is -0.122. The van der Waals surface area contributed by atoms with Gasteiger partial charge in [0.2, 0.25) is 5.91 Å². The maximum Gasteiger partial charge on any atom is 0.224 e. The minimum atomic E-state index is 0.136. The van der Waals surface area contributed by atoms with E-state index in [1.165, 1.54) is 11.1 Å². The fourth-order valence-corrected chi connectivity index (χ4v) is 3.28. The van der Waals surface area contributed by atoms with Crippen LogP contribution in [0.25, 0.3) is 0 Å². The van der Waals surface area contributed by atoms with Crippen LogP contribution in [0.5, 0.6) is 0 Å². The van der Waals surface area contributed by atoms with Gasteiger partial charge in [-0.3, -0.25) is 4.79 Å². The molecular formula is C15H16N2O. The summed E-state index contributed by atoms with van der Waals surface area (Å²) in [7, 11) is 0. The van der Waals surface area contributed by atoms with E-state index in [9.17, 15) is 4.79 Å². The Bertz CT molecular complexity index is 517. The number of nitrogens with zero attached hydrogens (tertiary/aromatic N) is 1. The van der Waals surface area contributed by atoms with Crippen molar-refractivity contribution < 1.29 is 4.79 Å². The molecule has 1 aromatic carbocycles. The summed E-state index contributed by atoms with van der Waals surface area (Å²) >= 11 is 0. The molecule has 3 rings (SSSR count). The van der Waals surface area contributed by atoms with E-state index in [0.29, 0.717) is 24.8 Å². The van der Waals surface area contributed by atoms with Crippen LogP contribution in [0.1, 0.15) is 29.9 Å². The van der Waals surface area contributed by atoms with Crippen molar-refractivity contribution in [2.24, 2.45) is 11.8 Å². The summed E-state index contributed by atoms with van der Waals surface area (Å²) < 4.78 is 0. The number of nitriles is 1. The summed E-state index contributed by atoms with van der Waals surface area (Å²) in [6, 6.07) is 10.5. The number of fused-ring (bicyclic) bond motifs is 3. The molecule has 3 unspecified atom stereocenters. The van der Waals surface area contributed by atoms with Crippen molar-refractivity contribution >= 4 is 5.91 Å². The number of nitrogens with one attached hydrogen (secondary N) is 1. The zero-order valence-electron chi connectivity index (χ0n) is 10.2. The Labute approximate surface area is 107 Å². The lowest BCUT2D eigenvalue weighted by atomic mass is 9.92. The molecule has 0 heterocycles.